The van der Waals surface area contributed by atoms with E-state index in [-0.39, 0.29) is 0 Å². The fraction of sp³-hybridized carbons (Fsp3) is 0.100. The molecule has 2 aromatic rings. The Hall–Kier alpha value is -2.34. The molecular weight excluding hydrogens is 240 g/mol. The van der Waals surface area contributed by atoms with Crippen LogP contribution in [-0.2, 0) is 0 Å². The summed E-state index contributed by atoms with van der Waals surface area (Å²) in [4.78, 5) is 0. The van der Waals surface area contributed by atoms with E-state index in [2.05, 4.69) is 86.7 Å². The molecule has 1 aliphatic rings. The molecule has 2 aromatic carbocycles. The molecule has 0 saturated carbocycles. The quantitative estimate of drug-likeness (QED) is 0.677. The molecule has 3 rings (SSSR count). The average Bonchev–Trinajstić information content (AvgIpc) is 2.82. The molecular formula is C20H18. The Bertz CT molecular complexity index is 637. The first-order chi connectivity index (χ1) is 9.77. The molecule has 0 aromatic heterocycles. The van der Waals surface area contributed by atoms with Crippen LogP contribution < -0.4 is 0 Å². The highest BCUT2D eigenvalue weighted by Gasteiger charge is 2.16. The monoisotopic (exact) mass is 258 g/mol. The molecule has 0 aliphatic heterocycles. The lowest BCUT2D eigenvalue weighted by atomic mass is 9.88. The minimum atomic E-state index is 1.27. The lowest BCUT2D eigenvalue weighted by Crippen LogP contribution is -1.95. The minimum Gasteiger partial charge on any atom is -0.0622 e. The molecule has 0 saturated heterocycles. The zero-order chi connectivity index (χ0) is 13.9. The number of allylic oxidation sites excluding steroid dienone is 5. The van der Waals surface area contributed by atoms with Gasteiger partial charge in [0.2, 0.25) is 0 Å². The molecule has 98 valence electrons. The van der Waals surface area contributed by atoms with Crippen LogP contribution in [0.1, 0.15) is 25.0 Å². The summed E-state index contributed by atoms with van der Waals surface area (Å²) in [6, 6.07) is 21.3. The third kappa shape index (κ3) is 2.25. The summed E-state index contributed by atoms with van der Waals surface area (Å²) in [5, 5.41) is 0. The van der Waals surface area contributed by atoms with Crippen molar-refractivity contribution in [1.29, 1.82) is 0 Å². The van der Waals surface area contributed by atoms with Gasteiger partial charge in [-0.05, 0) is 47.3 Å². The Morgan fingerprint density at radius 2 is 1.00 bits per heavy atom. The van der Waals surface area contributed by atoms with Crippen molar-refractivity contribution in [2.45, 2.75) is 13.8 Å². The maximum Gasteiger partial charge on any atom is -0.00335 e. The summed E-state index contributed by atoms with van der Waals surface area (Å²) < 4.78 is 0. The average molecular weight is 258 g/mol. The van der Waals surface area contributed by atoms with Crippen LogP contribution >= 0.6 is 0 Å². The Morgan fingerprint density at radius 1 is 0.600 bits per heavy atom. The number of rotatable bonds is 2. The van der Waals surface area contributed by atoms with Gasteiger partial charge < -0.3 is 0 Å². The van der Waals surface area contributed by atoms with E-state index in [0.717, 1.165) is 0 Å². The van der Waals surface area contributed by atoms with E-state index < -0.39 is 0 Å². The zero-order valence-electron chi connectivity index (χ0n) is 11.9. The zero-order valence-corrected chi connectivity index (χ0v) is 11.9. The summed E-state index contributed by atoms with van der Waals surface area (Å²) in [5.74, 6) is 0. The molecule has 0 nitrogen and oxygen atoms in total. The van der Waals surface area contributed by atoms with Gasteiger partial charge in [-0.2, -0.15) is 0 Å². The highest BCUT2D eigenvalue weighted by molar-refractivity contribution is 5.88. The van der Waals surface area contributed by atoms with Gasteiger partial charge >= 0.3 is 0 Å². The van der Waals surface area contributed by atoms with Crippen LogP contribution in [0.5, 0.6) is 0 Å². The summed E-state index contributed by atoms with van der Waals surface area (Å²) in [6.07, 6.45) is 4.41. The first kappa shape index (κ1) is 12.7. The van der Waals surface area contributed by atoms with Gasteiger partial charge in [0.25, 0.3) is 0 Å². The highest BCUT2D eigenvalue weighted by Crippen LogP contribution is 2.36. The SMILES string of the molecule is CC1=CC=C(C)C1=C(c1ccccc1)c1ccccc1. The second-order valence-corrected chi connectivity index (χ2v) is 5.18. The molecule has 0 atom stereocenters. The van der Waals surface area contributed by atoms with Crippen LogP contribution in [0.3, 0.4) is 0 Å². The van der Waals surface area contributed by atoms with Crippen molar-refractivity contribution in [2.75, 3.05) is 0 Å². The lowest BCUT2D eigenvalue weighted by Gasteiger charge is -2.15. The summed E-state index contributed by atoms with van der Waals surface area (Å²) in [5.41, 5.74) is 7.91. The molecule has 0 N–H and O–H groups in total. The maximum atomic E-state index is 2.20. The Balaban J connectivity index is 2.28. The highest BCUT2D eigenvalue weighted by atomic mass is 14.2. The van der Waals surface area contributed by atoms with Crippen molar-refractivity contribution in [2.24, 2.45) is 0 Å². The molecule has 0 bridgehead atoms. The normalized spacial score (nSPS) is 14.0. The number of hydrogen-bond donors (Lipinski definition) is 0. The van der Waals surface area contributed by atoms with Crippen molar-refractivity contribution >= 4 is 5.57 Å². The third-order valence-corrected chi connectivity index (χ3v) is 3.75. The number of benzene rings is 2. The minimum absolute atomic E-state index is 1.27. The van der Waals surface area contributed by atoms with Crippen molar-refractivity contribution in [3.63, 3.8) is 0 Å². The second-order valence-electron chi connectivity index (χ2n) is 5.18. The summed E-state index contributed by atoms with van der Waals surface area (Å²) in [7, 11) is 0. The van der Waals surface area contributed by atoms with Crippen LogP contribution in [0, 0.1) is 0 Å². The van der Waals surface area contributed by atoms with Crippen molar-refractivity contribution in [1.82, 2.24) is 0 Å². The van der Waals surface area contributed by atoms with E-state index in [0.29, 0.717) is 0 Å². The smallest absolute Gasteiger partial charge is 0.00335 e. The van der Waals surface area contributed by atoms with Gasteiger partial charge in [-0.15, -0.1) is 0 Å². The van der Waals surface area contributed by atoms with Crippen LogP contribution in [0.25, 0.3) is 5.57 Å². The third-order valence-electron chi connectivity index (χ3n) is 3.75. The standard InChI is InChI=1S/C20H18/c1-15-13-14-16(2)19(15)20(17-9-5-3-6-10-17)18-11-7-4-8-12-18/h3-14H,1-2H3. The maximum absolute atomic E-state index is 2.20. The van der Waals surface area contributed by atoms with E-state index in [1.54, 1.807) is 0 Å². The van der Waals surface area contributed by atoms with Crippen molar-refractivity contribution in [3.05, 3.63) is 101 Å². The van der Waals surface area contributed by atoms with Gasteiger partial charge in [0.15, 0.2) is 0 Å². The van der Waals surface area contributed by atoms with Gasteiger partial charge in [0.1, 0.15) is 0 Å². The van der Waals surface area contributed by atoms with Gasteiger partial charge in [0.05, 0.1) is 0 Å². The van der Waals surface area contributed by atoms with Crippen LogP contribution in [0.2, 0.25) is 0 Å². The largest absolute Gasteiger partial charge is 0.0622 e. The Morgan fingerprint density at radius 3 is 1.40 bits per heavy atom. The van der Waals surface area contributed by atoms with Gasteiger partial charge in [-0.1, -0.05) is 72.8 Å². The van der Waals surface area contributed by atoms with E-state index in [1.807, 2.05) is 0 Å². The van der Waals surface area contributed by atoms with Crippen molar-refractivity contribution in [3.8, 4) is 0 Å². The molecule has 20 heavy (non-hydrogen) atoms. The molecule has 1 aliphatic carbocycles. The molecule has 0 radical (unpaired) electrons. The predicted octanol–water partition coefficient (Wildman–Crippen LogP) is 5.39. The number of hydrogen-bond acceptors (Lipinski definition) is 0. The summed E-state index contributed by atoms with van der Waals surface area (Å²) in [6.45, 7) is 4.38. The lowest BCUT2D eigenvalue weighted by molar-refractivity contribution is 1.36. The first-order valence-corrected chi connectivity index (χ1v) is 6.98. The molecule has 0 heterocycles. The summed E-state index contributed by atoms with van der Waals surface area (Å²) >= 11 is 0. The molecule has 0 heteroatoms. The molecule has 0 fully saturated rings. The molecule has 0 amide bonds. The fourth-order valence-corrected chi connectivity index (χ4v) is 2.79. The van der Waals surface area contributed by atoms with E-state index in [1.165, 1.54) is 33.4 Å². The van der Waals surface area contributed by atoms with Gasteiger partial charge in [-0.25, -0.2) is 0 Å². The van der Waals surface area contributed by atoms with Crippen molar-refractivity contribution < 1.29 is 0 Å². The fourth-order valence-electron chi connectivity index (χ4n) is 2.79. The van der Waals surface area contributed by atoms with Crippen LogP contribution in [0.4, 0.5) is 0 Å². The first-order valence-electron chi connectivity index (χ1n) is 6.98. The Kier molecular flexibility index (Phi) is 3.39. The topological polar surface area (TPSA) is 0 Å². The predicted molar refractivity (Wildman–Crippen MR) is 86.4 cm³/mol. The van der Waals surface area contributed by atoms with E-state index in [9.17, 15) is 0 Å². The molecule has 0 unspecified atom stereocenters. The molecule has 0 spiro atoms. The van der Waals surface area contributed by atoms with Gasteiger partial charge in [-0.3, -0.25) is 0 Å². The second kappa shape index (κ2) is 5.34. The van der Waals surface area contributed by atoms with E-state index >= 15 is 0 Å². The van der Waals surface area contributed by atoms with E-state index in [4.69, 9.17) is 0 Å². The van der Waals surface area contributed by atoms with Crippen LogP contribution in [-0.4, -0.2) is 0 Å². The van der Waals surface area contributed by atoms with Gasteiger partial charge in [0, 0.05) is 0 Å². The van der Waals surface area contributed by atoms with Crippen LogP contribution in [0.15, 0.2) is 89.5 Å². The Labute approximate surface area is 120 Å².